The second-order valence-corrected chi connectivity index (χ2v) is 8.86. The van der Waals surface area contributed by atoms with Crippen LogP contribution >= 0.6 is 0 Å². The van der Waals surface area contributed by atoms with E-state index < -0.39 is 46.8 Å². The van der Waals surface area contributed by atoms with Crippen molar-refractivity contribution in [2.75, 3.05) is 30.9 Å². The Hall–Kier alpha value is -2.37. The molecule has 2 aromatic rings. The van der Waals surface area contributed by atoms with Crippen molar-refractivity contribution in [3.05, 3.63) is 47.8 Å². The van der Waals surface area contributed by atoms with Gasteiger partial charge in [-0.1, -0.05) is 0 Å². The van der Waals surface area contributed by atoms with E-state index in [1.807, 2.05) is 0 Å². The van der Waals surface area contributed by atoms with Gasteiger partial charge >= 0.3 is 0 Å². The molecule has 2 aliphatic heterocycles. The van der Waals surface area contributed by atoms with E-state index in [1.165, 1.54) is 12.6 Å². The van der Waals surface area contributed by atoms with Gasteiger partial charge in [0.2, 0.25) is 5.03 Å². The van der Waals surface area contributed by atoms with Gasteiger partial charge in [0.15, 0.2) is 0 Å². The summed E-state index contributed by atoms with van der Waals surface area (Å²) in [7, 11) is 0. The molecule has 0 saturated carbocycles. The number of hydrogen-bond donors (Lipinski definition) is 0. The van der Waals surface area contributed by atoms with Crippen LogP contribution in [0.25, 0.3) is 0 Å². The number of aromatic nitrogens is 2. The molecule has 0 aliphatic carbocycles. The summed E-state index contributed by atoms with van der Waals surface area (Å²) in [6.45, 7) is 0.481. The van der Waals surface area contributed by atoms with Crippen LogP contribution in [0.2, 0.25) is 0 Å². The maximum absolute atomic E-state index is 15.0. The minimum absolute atomic E-state index is 0.0731. The van der Waals surface area contributed by atoms with Gasteiger partial charge in [-0.25, -0.2) is 23.2 Å². The number of halogens is 3. The Morgan fingerprint density at radius 2 is 1.94 bits per heavy atom. The van der Waals surface area contributed by atoms with E-state index in [4.69, 9.17) is 4.84 Å². The van der Waals surface area contributed by atoms with Crippen molar-refractivity contribution in [2.45, 2.75) is 30.1 Å². The molecular formula is C20H21F3N4O3S. The lowest BCUT2D eigenvalue weighted by molar-refractivity contribution is -0.184. The Morgan fingerprint density at radius 3 is 2.61 bits per heavy atom. The van der Waals surface area contributed by atoms with E-state index in [1.54, 1.807) is 11.0 Å². The molecule has 0 unspecified atom stereocenters. The van der Waals surface area contributed by atoms with Crippen LogP contribution in [0, 0.1) is 17.6 Å². The lowest BCUT2D eigenvalue weighted by Crippen LogP contribution is -2.49. The van der Waals surface area contributed by atoms with Crippen LogP contribution in [0.4, 0.5) is 19.0 Å². The quantitative estimate of drug-likeness (QED) is 0.522. The predicted octanol–water partition coefficient (Wildman–Crippen LogP) is 2.56. The molecule has 0 radical (unpaired) electrons. The molecule has 166 valence electrons. The van der Waals surface area contributed by atoms with Crippen LogP contribution in [0.3, 0.4) is 0 Å². The maximum Gasteiger partial charge on any atom is 0.252 e. The number of hydrogen-bond acceptors (Lipinski definition) is 6. The van der Waals surface area contributed by atoms with E-state index in [-0.39, 0.29) is 25.1 Å². The largest absolute Gasteiger partial charge is 0.610 e. The standard InChI is InChI=1S/C20H21F3N4O3S/c1-31(29)19-9-18(24-11-25-19)26-4-2-15(16(23)10-26)20(28)27-17(3-5-30-27)12-6-13(21)8-14(22)7-12/h6-9,11,15-17H,2-5,10H2,1H3/t15-,16+,17+,31+/m0/s1. The second kappa shape index (κ2) is 9.01. The first-order valence-corrected chi connectivity index (χ1v) is 11.4. The van der Waals surface area contributed by atoms with Crippen LogP contribution in [0.5, 0.6) is 0 Å². The lowest BCUT2D eigenvalue weighted by atomic mass is 9.93. The van der Waals surface area contributed by atoms with E-state index in [2.05, 4.69) is 9.97 Å². The molecule has 2 aliphatic rings. The first kappa shape index (κ1) is 21.8. The Labute approximate surface area is 180 Å². The molecule has 7 nitrogen and oxygen atoms in total. The molecule has 0 bridgehead atoms. The number of rotatable bonds is 4. The Balaban J connectivity index is 1.47. The minimum atomic E-state index is -1.50. The summed E-state index contributed by atoms with van der Waals surface area (Å²) in [6.07, 6.45) is 1.84. The number of benzene rings is 1. The highest BCUT2D eigenvalue weighted by Gasteiger charge is 2.42. The van der Waals surface area contributed by atoms with Gasteiger partial charge in [0.25, 0.3) is 5.91 Å². The number of alkyl halides is 1. The summed E-state index contributed by atoms with van der Waals surface area (Å²) in [5.74, 6) is -2.54. The zero-order valence-corrected chi connectivity index (χ0v) is 17.5. The van der Waals surface area contributed by atoms with Crippen molar-refractivity contribution >= 4 is 22.9 Å². The summed E-state index contributed by atoms with van der Waals surface area (Å²) in [6, 6.07) is 3.94. The molecule has 1 aromatic carbocycles. The van der Waals surface area contributed by atoms with Crippen LogP contribution in [0.1, 0.15) is 24.4 Å². The molecule has 0 spiro atoms. The van der Waals surface area contributed by atoms with Crippen LogP contribution in [-0.2, 0) is 20.8 Å². The third kappa shape index (κ3) is 4.63. The van der Waals surface area contributed by atoms with Crippen molar-refractivity contribution < 1.29 is 27.4 Å². The van der Waals surface area contributed by atoms with Crippen LogP contribution in [0.15, 0.2) is 35.6 Å². The van der Waals surface area contributed by atoms with Crippen molar-refractivity contribution in [3.8, 4) is 0 Å². The minimum Gasteiger partial charge on any atom is -0.610 e. The van der Waals surface area contributed by atoms with Crippen molar-refractivity contribution in [2.24, 2.45) is 5.92 Å². The summed E-state index contributed by atoms with van der Waals surface area (Å²) in [5, 5.41) is 1.40. The predicted molar refractivity (Wildman–Crippen MR) is 106 cm³/mol. The van der Waals surface area contributed by atoms with E-state index in [0.717, 1.165) is 23.3 Å². The highest BCUT2D eigenvalue weighted by Crippen LogP contribution is 2.35. The normalized spacial score (nSPS) is 25.0. The van der Waals surface area contributed by atoms with E-state index in [0.29, 0.717) is 23.8 Å². The van der Waals surface area contributed by atoms with E-state index >= 15 is 4.39 Å². The number of carbonyl (C=O) groups excluding carboxylic acids is 1. The molecule has 2 saturated heterocycles. The molecule has 4 rings (SSSR count). The Bertz CT molecular complexity index is 947. The zero-order valence-electron chi connectivity index (χ0n) is 16.7. The number of piperidine rings is 1. The van der Waals surface area contributed by atoms with Crippen molar-refractivity contribution in [1.29, 1.82) is 0 Å². The molecular weight excluding hydrogens is 433 g/mol. The summed E-state index contributed by atoms with van der Waals surface area (Å²) in [5.41, 5.74) is 0.275. The first-order chi connectivity index (χ1) is 14.8. The average Bonchev–Trinajstić information content (AvgIpc) is 3.22. The molecule has 0 N–H and O–H groups in total. The zero-order chi connectivity index (χ0) is 22.1. The smallest absolute Gasteiger partial charge is 0.252 e. The van der Waals surface area contributed by atoms with Gasteiger partial charge < -0.3 is 9.45 Å². The number of nitrogens with zero attached hydrogens (tertiary/aromatic N) is 4. The van der Waals surface area contributed by atoms with Gasteiger partial charge in [-0.15, -0.1) is 0 Å². The summed E-state index contributed by atoms with van der Waals surface area (Å²) in [4.78, 5) is 28.2. The maximum atomic E-state index is 15.0. The van der Waals surface area contributed by atoms with Crippen molar-refractivity contribution in [1.82, 2.24) is 15.0 Å². The van der Waals surface area contributed by atoms with E-state index in [9.17, 15) is 18.1 Å². The van der Waals surface area contributed by atoms with Gasteiger partial charge in [-0.05, 0) is 24.1 Å². The topological polar surface area (TPSA) is 81.6 Å². The SMILES string of the molecule is C[S@@+]([O-])c1cc(N2CC[C@H](C(=O)N3OCC[C@@H]3c3cc(F)cc(F)c3)[C@H](F)C2)ncn1. The van der Waals surface area contributed by atoms with Crippen LogP contribution in [-0.4, -0.2) is 57.6 Å². The fourth-order valence-electron chi connectivity index (χ4n) is 3.97. The fraction of sp³-hybridized carbons (Fsp3) is 0.450. The summed E-state index contributed by atoms with van der Waals surface area (Å²) < 4.78 is 53.9. The van der Waals surface area contributed by atoms with Gasteiger partial charge in [0.05, 0.1) is 31.2 Å². The number of carbonyl (C=O) groups is 1. The monoisotopic (exact) mass is 454 g/mol. The molecule has 1 amide bonds. The van der Waals surface area contributed by atoms with Gasteiger partial charge in [-0.2, -0.15) is 4.98 Å². The lowest BCUT2D eigenvalue weighted by Gasteiger charge is -2.36. The Kier molecular flexibility index (Phi) is 6.35. The highest BCUT2D eigenvalue weighted by atomic mass is 32.2. The third-order valence-corrected chi connectivity index (χ3v) is 6.31. The average molecular weight is 454 g/mol. The third-order valence-electron chi connectivity index (χ3n) is 5.50. The molecule has 4 atom stereocenters. The highest BCUT2D eigenvalue weighted by molar-refractivity contribution is 7.90. The van der Waals surface area contributed by atoms with Crippen LogP contribution < -0.4 is 4.90 Å². The molecule has 3 heterocycles. The molecule has 11 heteroatoms. The molecule has 31 heavy (non-hydrogen) atoms. The van der Waals surface area contributed by atoms with Crippen molar-refractivity contribution in [3.63, 3.8) is 0 Å². The fourth-order valence-corrected chi connectivity index (χ4v) is 4.44. The van der Waals surface area contributed by atoms with Gasteiger partial charge in [0.1, 0.15) is 36.2 Å². The Morgan fingerprint density at radius 1 is 1.19 bits per heavy atom. The number of anilines is 1. The molecule has 2 fully saturated rings. The van der Waals surface area contributed by atoms with Gasteiger partial charge in [-0.3, -0.25) is 9.63 Å². The number of amides is 1. The number of hydroxylamine groups is 2. The summed E-state index contributed by atoms with van der Waals surface area (Å²) >= 11 is -1.30. The second-order valence-electron chi connectivity index (χ2n) is 7.53. The van der Waals surface area contributed by atoms with Gasteiger partial charge in [0, 0.05) is 30.2 Å². The molecule has 1 aromatic heterocycles. The first-order valence-electron chi connectivity index (χ1n) is 9.80.